The van der Waals surface area contributed by atoms with Crippen LogP contribution >= 0.6 is 0 Å². The molecule has 0 N–H and O–H groups in total. The van der Waals surface area contributed by atoms with Gasteiger partial charge in [0.05, 0.1) is 0 Å². The summed E-state index contributed by atoms with van der Waals surface area (Å²) < 4.78 is 6.56. The van der Waals surface area contributed by atoms with E-state index in [9.17, 15) is 0 Å². The molecule has 0 radical (unpaired) electrons. The van der Waals surface area contributed by atoms with Crippen molar-refractivity contribution < 1.29 is 17.4 Å². The van der Waals surface area contributed by atoms with Gasteiger partial charge in [0, 0.05) is 0 Å². The Morgan fingerprint density at radius 2 is 0.722 bits per heavy atom. The van der Waals surface area contributed by atoms with Crippen LogP contribution in [0.1, 0.15) is 81.9 Å². The maximum atomic E-state index is 2.85. The summed E-state index contributed by atoms with van der Waals surface area (Å²) in [7, 11) is 0. The zero-order chi connectivity index (χ0) is 37.3. The molecule has 0 spiro atoms. The monoisotopic (exact) mass is 796 g/mol. The quantitative estimate of drug-likeness (QED) is 0.108. The Bertz CT molecular complexity index is 2250. The summed E-state index contributed by atoms with van der Waals surface area (Å²) in [4.78, 5) is 0. The van der Waals surface area contributed by atoms with Gasteiger partial charge < -0.3 is 0 Å². The zero-order valence-electron chi connectivity index (χ0n) is 32.6. The molecule has 0 fully saturated rings. The number of fused-ring (bicyclic) bond motifs is 2. The molecule has 270 valence electrons. The zero-order valence-corrected chi connectivity index (χ0v) is 36.5. The number of allylic oxidation sites excluding steroid dienone is 2. The van der Waals surface area contributed by atoms with Crippen molar-refractivity contribution in [3.05, 3.63) is 179 Å². The van der Waals surface area contributed by atoms with E-state index in [2.05, 4.69) is 188 Å². The number of benzene rings is 6. The van der Waals surface area contributed by atoms with Crippen LogP contribution in [0.25, 0.3) is 56.7 Å². The number of rotatable bonds is 12. The summed E-state index contributed by atoms with van der Waals surface area (Å²) >= 11 is -4.09. The van der Waals surface area contributed by atoms with Gasteiger partial charge in [0.15, 0.2) is 0 Å². The number of hydrogen-bond donors (Lipinski definition) is 0. The van der Waals surface area contributed by atoms with Crippen molar-refractivity contribution in [2.24, 2.45) is 0 Å². The first-order valence-electron chi connectivity index (χ1n) is 20.3. The van der Waals surface area contributed by atoms with Crippen molar-refractivity contribution >= 4 is 19.0 Å². The molecule has 0 saturated carbocycles. The molecular weight excluding hydrogens is 744 g/mol. The second-order valence-corrected chi connectivity index (χ2v) is 47.4. The van der Waals surface area contributed by atoms with E-state index >= 15 is 0 Å². The summed E-state index contributed by atoms with van der Waals surface area (Å²) in [6.45, 7) is 7.23. The van der Waals surface area contributed by atoms with Gasteiger partial charge in [0.2, 0.25) is 0 Å². The fourth-order valence-electron chi connectivity index (χ4n) is 10.1. The van der Waals surface area contributed by atoms with E-state index in [4.69, 9.17) is 0 Å². The molecular formula is C52H54SiZr. The van der Waals surface area contributed by atoms with Crippen LogP contribution in [-0.4, -0.2) is 6.88 Å². The van der Waals surface area contributed by atoms with Gasteiger partial charge in [0.25, 0.3) is 0 Å². The third-order valence-electron chi connectivity index (χ3n) is 12.4. The molecule has 54 heavy (non-hydrogen) atoms. The Morgan fingerprint density at radius 1 is 0.426 bits per heavy atom. The summed E-state index contributed by atoms with van der Waals surface area (Å²) in [5, 5.41) is 0. The van der Waals surface area contributed by atoms with E-state index in [1.807, 2.05) is 0 Å². The minimum atomic E-state index is -4.09. The molecule has 2 unspecified atom stereocenters. The van der Waals surface area contributed by atoms with Crippen molar-refractivity contribution in [1.82, 2.24) is 0 Å². The van der Waals surface area contributed by atoms with Crippen molar-refractivity contribution in [2.75, 3.05) is 0 Å². The Labute approximate surface area is 326 Å². The molecule has 6 aromatic rings. The van der Waals surface area contributed by atoms with Crippen LogP contribution in [0.15, 0.2) is 157 Å². The van der Waals surface area contributed by atoms with Gasteiger partial charge >= 0.3 is 329 Å². The topological polar surface area (TPSA) is 0 Å². The molecule has 0 aromatic heterocycles. The van der Waals surface area contributed by atoms with Gasteiger partial charge in [-0.3, -0.25) is 0 Å². The predicted molar refractivity (Wildman–Crippen MR) is 235 cm³/mol. The Morgan fingerprint density at radius 3 is 1.04 bits per heavy atom. The van der Waals surface area contributed by atoms with Crippen molar-refractivity contribution in [3.8, 4) is 44.5 Å². The van der Waals surface area contributed by atoms with Crippen molar-refractivity contribution in [2.45, 2.75) is 68.9 Å². The van der Waals surface area contributed by atoms with Crippen molar-refractivity contribution in [1.29, 1.82) is 0 Å². The fraction of sp³-hybridized carbons (Fsp3) is 0.231. The van der Waals surface area contributed by atoms with E-state index in [0.29, 0.717) is 7.25 Å². The normalized spacial score (nSPS) is 16.5. The van der Waals surface area contributed by atoms with Gasteiger partial charge in [-0.2, -0.15) is 0 Å². The molecule has 0 saturated heterocycles. The average molecular weight is 798 g/mol. The first kappa shape index (κ1) is 36.9. The third kappa shape index (κ3) is 6.65. The van der Waals surface area contributed by atoms with Crippen LogP contribution in [0.3, 0.4) is 0 Å². The SMILES string of the molecule is CCCCC1=Cc2c(-c3ccccc3)ccc(-c3ccccc3)c2[CH]1[Zr]([CH3])([CH3])(=[SiH2])[CH]1C(CCCC)=Cc2c(-c3ccccc3)ccc(-c3ccccc3)c21. The molecule has 2 atom stereocenters. The summed E-state index contributed by atoms with van der Waals surface area (Å²) in [6.07, 6.45) is 12.5. The van der Waals surface area contributed by atoms with Crippen LogP contribution in [0.4, 0.5) is 0 Å². The second-order valence-electron chi connectivity index (χ2n) is 16.9. The fourth-order valence-corrected chi connectivity index (χ4v) is 29.8. The first-order valence-corrected chi connectivity index (χ1v) is 34.0. The van der Waals surface area contributed by atoms with Crippen LogP contribution in [-0.2, 0) is 17.4 Å². The van der Waals surface area contributed by atoms with Crippen molar-refractivity contribution in [3.63, 3.8) is 0 Å². The summed E-state index contributed by atoms with van der Waals surface area (Å²) in [5.41, 5.74) is 20.4. The van der Waals surface area contributed by atoms with E-state index in [-0.39, 0.29) is 0 Å². The molecule has 0 aliphatic heterocycles. The van der Waals surface area contributed by atoms with E-state index < -0.39 is 17.4 Å². The predicted octanol–water partition coefficient (Wildman–Crippen LogP) is 14.6. The van der Waals surface area contributed by atoms with Crippen LogP contribution in [0.2, 0.25) is 9.26 Å². The molecule has 0 bridgehead atoms. The Balaban J connectivity index is 1.44. The van der Waals surface area contributed by atoms with Crippen LogP contribution < -0.4 is 0 Å². The number of hydrogen-bond acceptors (Lipinski definition) is 0. The molecule has 0 nitrogen and oxygen atoms in total. The van der Waals surface area contributed by atoms with Gasteiger partial charge in [0.1, 0.15) is 0 Å². The second kappa shape index (κ2) is 15.2. The first-order chi connectivity index (χ1) is 26.3. The summed E-state index contributed by atoms with van der Waals surface area (Å²) in [6, 6.07) is 54.6. The third-order valence-corrected chi connectivity index (χ3v) is 29.8. The maximum absolute atomic E-state index is 4.09. The molecule has 2 aliphatic carbocycles. The molecule has 2 heteroatoms. The van der Waals surface area contributed by atoms with E-state index in [1.165, 1.54) is 81.3 Å². The van der Waals surface area contributed by atoms with Gasteiger partial charge in [-0.15, -0.1) is 0 Å². The molecule has 6 aromatic carbocycles. The van der Waals surface area contributed by atoms with Gasteiger partial charge in [-0.1, -0.05) is 0 Å². The Kier molecular flexibility index (Phi) is 10.4. The van der Waals surface area contributed by atoms with E-state index in [0.717, 1.165) is 12.8 Å². The summed E-state index contributed by atoms with van der Waals surface area (Å²) in [5.74, 6) is 0. The van der Waals surface area contributed by atoms with Gasteiger partial charge in [-0.25, -0.2) is 0 Å². The van der Waals surface area contributed by atoms with Gasteiger partial charge in [-0.05, 0) is 0 Å². The molecule has 0 heterocycles. The standard InChI is InChI=1S/2C25H23.2CH3.H2Si.Zr/c2*1-2-3-10-19-17-24-22(20-11-6-4-7-12-20)15-16-23(25(24)18-19)21-13-8-5-9-14-21;;;;/h2*4-9,11-18H,2-3,10H2,1H3;2*1H3;1H2;. The molecule has 8 rings (SSSR count). The average Bonchev–Trinajstić information content (AvgIpc) is 3.81. The molecule has 2 aliphatic rings. The number of unbranched alkanes of at least 4 members (excludes halogenated alkanes) is 2. The molecule has 0 amide bonds. The van der Waals surface area contributed by atoms with E-state index in [1.54, 1.807) is 22.3 Å². The van der Waals surface area contributed by atoms with Crippen LogP contribution in [0, 0.1) is 0 Å². The van der Waals surface area contributed by atoms with Crippen LogP contribution in [0.5, 0.6) is 0 Å². The minimum absolute atomic E-state index is 0.426. The Hall–Kier alpha value is -4.10.